The van der Waals surface area contributed by atoms with E-state index in [-0.39, 0.29) is 30.5 Å². The Morgan fingerprint density at radius 1 is 0.971 bits per heavy atom. The number of fused-ring (bicyclic) bond motifs is 1. The van der Waals surface area contributed by atoms with Gasteiger partial charge in [0.05, 0.1) is 6.04 Å². The molecule has 0 radical (unpaired) electrons. The fourth-order valence-electron chi connectivity index (χ4n) is 5.67. The Morgan fingerprint density at radius 3 is 2.46 bits per heavy atom. The second-order valence-electron chi connectivity index (χ2n) is 9.99. The molecule has 0 N–H and O–H groups in total. The normalized spacial score (nSPS) is 24.3. The Hall–Kier alpha value is -2.60. The van der Waals surface area contributed by atoms with Crippen molar-refractivity contribution in [1.29, 1.82) is 0 Å². The SMILES string of the molecule is O=C(CN1C(=O)/C(=C\c2ccccc2Br)OC2CCCCC21)N1CCC(Cc2ccccc2)CC1. The second-order valence-corrected chi connectivity index (χ2v) is 10.8. The summed E-state index contributed by atoms with van der Waals surface area (Å²) in [4.78, 5) is 30.6. The van der Waals surface area contributed by atoms with E-state index in [1.54, 1.807) is 4.90 Å². The molecule has 1 saturated carbocycles. The van der Waals surface area contributed by atoms with Crippen LogP contribution in [0.4, 0.5) is 0 Å². The average molecular weight is 537 g/mol. The number of morpholine rings is 1. The number of ether oxygens (including phenoxy) is 1. The van der Waals surface area contributed by atoms with E-state index in [9.17, 15) is 9.59 Å². The van der Waals surface area contributed by atoms with Gasteiger partial charge in [-0.3, -0.25) is 9.59 Å². The molecule has 2 aromatic carbocycles. The second kappa shape index (κ2) is 11.0. The summed E-state index contributed by atoms with van der Waals surface area (Å²) in [6.07, 6.45) is 8.83. The van der Waals surface area contributed by atoms with Gasteiger partial charge in [-0.25, -0.2) is 0 Å². The summed E-state index contributed by atoms with van der Waals surface area (Å²) < 4.78 is 7.13. The highest BCUT2D eigenvalue weighted by atomic mass is 79.9. The number of hydrogen-bond acceptors (Lipinski definition) is 3. The zero-order valence-corrected chi connectivity index (χ0v) is 21.7. The highest BCUT2D eigenvalue weighted by molar-refractivity contribution is 9.10. The molecule has 3 fully saturated rings. The summed E-state index contributed by atoms with van der Waals surface area (Å²) in [5.41, 5.74) is 2.26. The predicted molar refractivity (Wildman–Crippen MR) is 140 cm³/mol. The van der Waals surface area contributed by atoms with E-state index < -0.39 is 0 Å². The van der Waals surface area contributed by atoms with Gasteiger partial charge in [0.2, 0.25) is 5.91 Å². The summed E-state index contributed by atoms with van der Waals surface area (Å²) >= 11 is 3.56. The fourth-order valence-corrected chi connectivity index (χ4v) is 6.07. The van der Waals surface area contributed by atoms with Crippen molar-refractivity contribution in [3.8, 4) is 0 Å². The number of carbonyl (C=O) groups is 2. The van der Waals surface area contributed by atoms with Crippen LogP contribution in [0.25, 0.3) is 6.08 Å². The van der Waals surface area contributed by atoms with Crippen molar-refractivity contribution in [2.24, 2.45) is 5.92 Å². The minimum Gasteiger partial charge on any atom is -0.482 e. The number of nitrogens with zero attached hydrogens (tertiary/aromatic N) is 2. The number of likely N-dealkylation sites (tertiary alicyclic amines) is 1. The molecule has 2 aromatic rings. The molecule has 2 atom stereocenters. The van der Waals surface area contributed by atoms with Crippen molar-refractivity contribution in [3.05, 3.63) is 76.0 Å². The van der Waals surface area contributed by atoms with Crippen LogP contribution >= 0.6 is 15.9 Å². The monoisotopic (exact) mass is 536 g/mol. The highest BCUT2D eigenvalue weighted by Crippen LogP contribution is 2.34. The summed E-state index contributed by atoms with van der Waals surface area (Å²) in [5.74, 6) is 0.835. The molecule has 2 aliphatic heterocycles. The van der Waals surface area contributed by atoms with Crippen molar-refractivity contribution >= 4 is 33.8 Å². The van der Waals surface area contributed by atoms with Gasteiger partial charge in [-0.15, -0.1) is 0 Å². The molecule has 5 rings (SSSR count). The predicted octanol–water partition coefficient (Wildman–Crippen LogP) is 5.44. The third-order valence-corrected chi connectivity index (χ3v) is 8.37. The third kappa shape index (κ3) is 5.64. The first-order valence-corrected chi connectivity index (χ1v) is 13.6. The molecule has 0 spiro atoms. The first kappa shape index (κ1) is 24.1. The van der Waals surface area contributed by atoms with E-state index in [4.69, 9.17) is 4.74 Å². The van der Waals surface area contributed by atoms with Gasteiger partial charge in [-0.05, 0) is 67.7 Å². The number of hydrogen-bond donors (Lipinski definition) is 0. The molecule has 6 heteroatoms. The van der Waals surface area contributed by atoms with E-state index in [0.29, 0.717) is 11.7 Å². The van der Waals surface area contributed by atoms with Crippen molar-refractivity contribution in [1.82, 2.24) is 9.80 Å². The van der Waals surface area contributed by atoms with E-state index in [2.05, 4.69) is 40.2 Å². The standard InChI is InChI=1S/C29H33BrN2O3/c30-24-11-5-4-10-23(24)19-27-29(34)32(25-12-6-7-13-26(25)35-27)20-28(33)31-16-14-22(15-17-31)18-21-8-2-1-3-9-21/h1-5,8-11,19,22,25-26H,6-7,12-18,20H2/b27-19+. The molecular formula is C29H33BrN2O3. The molecule has 1 aliphatic carbocycles. The molecule has 2 heterocycles. The molecule has 184 valence electrons. The average Bonchev–Trinajstić information content (AvgIpc) is 2.89. The van der Waals surface area contributed by atoms with Crippen LogP contribution < -0.4 is 0 Å². The van der Waals surface area contributed by atoms with Gasteiger partial charge in [0, 0.05) is 17.6 Å². The molecular weight excluding hydrogens is 504 g/mol. The van der Waals surface area contributed by atoms with Crippen molar-refractivity contribution in [2.45, 2.75) is 57.1 Å². The molecule has 3 aliphatic rings. The van der Waals surface area contributed by atoms with Gasteiger partial charge in [0.25, 0.3) is 5.91 Å². The summed E-state index contributed by atoms with van der Waals surface area (Å²) in [6.45, 7) is 1.67. The van der Waals surface area contributed by atoms with E-state index in [1.165, 1.54) is 5.56 Å². The fraction of sp³-hybridized carbons (Fsp3) is 0.448. The molecule has 2 unspecified atom stereocenters. The lowest BCUT2D eigenvalue weighted by Crippen LogP contribution is -2.57. The maximum absolute atomic E-state index is 13.5. The van der Waals surface area contributed by atoms with Crippen molar-refractivity contribution < 1.29 is 14.3 Å². The molecule has 35 heavy (non-hydrogen) atoms. The summed E-state index contributed by atoms with van der Waals surface area (Å²) in [7, 11) is 0. The van der Waals surface area contributed by atoms with Gasteiger partial charge < -0.3 is 14.5 Å². The molecule has 2 saturated heterocycles. The first-order valence-electron chi connectivity index (χ1n) is 12.8. The van der Waals surface area contributed by atoms with Crippen LogP contribution in [0, 0.1) is 5.92 Å². The lowest BCUT2D eigenvalue weighted by Gasteiger charge is -2.45. The number of halogens is 1. The molecule has 2 amide bonds. The summed E-state index contributed by atoms with van der Waals surface area (Å²) in [5, 5.41) is 0. The van der Waals surface area contributed by atoms with Crippen LogP contribution in [-0.2, 0) is 20.7 Å². The Morgan fingerprint density at radius 2 is 1.69 bits per heavy atom. The van der Waals surface area contributed by atoms with Gasteiger partial charge in [-0.1, -0.05) is 70.9 Å². The number of benzene rings is 2. The van der Waals surface area contributed by atoms with Crippen LogP contribution in [0.1, 0.15) is 49.7 Å². The Balaban J connectivity index is 1.25. The van der Waals surface area contributed by atoms with E-state index in [0.717, 1.165) is 68.1 Å². The third-order valence-electron chi connectivity index (χ3n) is 7.65. The Bertz CT molecular complexity index is 1080. The maximum atomic E-state index is 13.5. The zero-order chi connectivity index (χ0) is 24.2. The lowest BCUT2D eigenvalue weighted by atomic mass is 9.89. The van der Waals surface area contributed by atoms with Crippen LogP contribution in [0.3, 0.4) is 0 Å². The largest absolute Gasteiger partial charge is 0.482 e. The van der Waals surface area contributed by atoms with Gasteiger partial charge in [0.15, 0.2) is 5.76 Å². The number of rotatable bonds is 5. The van der Waals surface area contributed by atoms with Gasteiger partial charge in [0.1, 0.15) is 12.6 Å². The smallest absolute Gasteiger partial charge is 0.289 e. The van der Waals surface area contributed by atoms with Crippen LogP contribution in [-0.4, -0.2) is 53.4 Å². The van der Waals surface area contributed by atoms with E-state index >= 15 is 0 Å². The van der Waals surface area contributed by atoms with Crippen LogP contribution in [0.15, 0.2) is 64.8 Å². The van der Waals surface area contributed by atoms with E-state index in [1.807, 2.05) is 41.3 Å². The molecule has 0 aromatic heterocycles. The number of carbonyl (C=O) groups excluding carboxylic acids is 2. The minimum atomic E-state index is -0.170. The molecule has 5 nitrogen and oxygen atoms in total. The minimum absolute atomic E-state index is 0.0211. The quantitative estimate of drug-likeness (QED) is 0.478. The van der Waals surface area contributed by atoms with Crippen molar-refractivity contribution in [3.63, 3.8) is 0 Å². The van der Waals surface area contributed by atoms with Gasteiger partial charge in [-0.2, -0.15) is 0 Å². The highest BCUT2D eigenvalue weighted by Gasteiger charge is 2.42. The zero-order valence-electron chi connectivity index (χ0n) is 20.1. The van der Waals surface area contributed by atoms with Gasteiger partial charge >= 0.3 is 0 Å². The number of piperidine rings is 1. The topological polar surface area (TPSA) is 49.9 Å². The maximum Gasteiger partial charge on any atom is 0.289 e. The molecule has 0 bridgehead atoms. The summed E-state index contributed by atoms with van der Waals surface area (Å²) in [6, 6.07) is 18.4. The Labute approximate surface area is 216 Å². The number of amides is 2. The van der Waals surface area contributed by atoms with Crippen molar-refractivity contribution in [2.75, 3.05) is 19.6 Å². The lowest BCUT2D eigenvalue weighted by molar-refractivity contribution is -0.154. The Kier molecular flexibility index (Phi) is 7.57. The van der Waals surface area contributed by atoms with Crippen LogP contribution in [0.5, 0.6) is 0 Å². The first-order chi connectivity index (χ1) is 17.1. The van der Waals surface area contributed by atoms with Crippen LogP contribution in [0.2, 0.25) is 0 Å².